The average Bonchev–Trinajstić information content (AvgIpc) is 0.863. The van der Waals surface area contributed by atoms with Gasteiger partial charge < -0.3 is 0 Å². The van der Waals surface area contributed by atoms with Gasteiger partial charge in [0.15, 0.2) is 0 Å². The third-order valence-corrected chi connectivity index (χ3v) is 16.7. The SMILES string of the molecule is CC.CC.CC.CC.CC.CC.CC.CC.CC.CC.CC.CC.CC.CC.CC.CC.CC.CC.CC.CCC.Cc1ccc(C)cc1.Cc1cccc(C)c1.Cc1cccc2ccccc12.Cc1cccc2ccccc12.Cc1cccc2ccccc12.Cc1cccc2ccccc12.Cc1cccc2ccccc12.Cc1ccccc1.Cc1ccccc1.Cc1ccccc1.Cc1ccccc1C. The van der Waals surface area contributed by atoms with E-state index in [4.69, 9.17) is 0 Å². The lowest BCUT2D eigenvalue weighted by atomic mass is 10.1. The molecule has 0 saturated heterocycles. The van der Waals surface area contributed by atoms with Crippen LogP contribution < -0.4 is 0 Å². The second kappa shape index (κ2) is 137. The molecule has 0 nitrogen and oxygen atoms in total. The molecular formula is C141H226. The molecule has 0 atom stereocenters. The number of benzene rings is 16. The standard InChI is InChI=1S/5C11H10.3C8H10.3C7H8.C3H8.19C2H6/c5*1-9-5-4-7-10-6-2-3-8-11(9)10;1-7-3-5-8(2)6-4-7;1-7-4-3-5-8(2)6-7;1-7-5-3-4-6-8(7)2;3*1-7-5-3-2-4-6-7;1-3-2;19*1-2/h5*2-8H,1H3;3*3-6H,1-2H3;3*2-6H,1H3;3H2,1-2H3;19*1-2H3. The first-order valence-electron chi connectivity index (χ1n) is 55.2. The molecule has 0 saturated carbocycles. The van der Waals surface area contributed by atoms with Gasteiger partial charge >= 0.3 is 0 Å². The summed E-state index contributed by atoms with van der Waals surface area (Å²) in [5.74, 6) is 0. The van der Waals surface area contributed by atoms with Crippen molar-refractivity contribution in [1.82, 2.24) is 0 Å². The Kier molecular flexibility index (Phi) is 159. The summed E-state index contributed by atoms with van der Waals surface area (Å²) in [6, 6.07) is 130. The van der Waals surface area contributed by atoms with E-state index in [9.17, 15) is 0 Å². The van der Waals surface area contributed by atoms with Crippen molar-refractivity contribution in [3.8, 4) is 0 Å². The fraction of sp³-hybridized carbons (Fsp3) is 0.390. The fourth-order valence-corrected chi connectivity index (χ4v) is 10.6. The van der Waals surface area contributed by atoms with Crippen LogP contribution in [0.15, 0.2) is 376 Å². The average molecular weight is 1920 g/mol. The summed E-state index contributed by atoms with van der Waals surface area (Å²) in [4.78, 5) is 0. The Balaban J connectivity index is -0.0000000921. The number of fused-ring (bicyclic) bond motifs is 5. The molecule has 0 aliphatic heterocycles. The molecule has 0 aliphatic rings. The van der Waals surface area contributed by atoms with Crippen LogP contribution in [0.3, 0.4) is 0 Å². The van der Waals surface area contributed by atoms with Crippen LogP contribution in [0.25, 0.3) is 53.9 Å². The van der Waals surface area contributed by atoms with Gasteiger partial charge in [0.05, 0.1) is 0 Å². The van der Waals surface area contributed by atoms with E-state index < -0.39 is 0 Å². The summed E-state index contributed by atoms with van der Waals surface area (Å²) < 4.78 is 0. The fourth-order valence-electron chi connectivity index (χ4n) is 10.6. The minimum Gasteiger partial charge on any atom is -0.0683 e. The van der Waals surface area contributed by atoms with Crippen LogP contribution in [0.5, 0.6) is 0 Å². The number of aryl methyl sites for hydroxylation is 14. The molecule has 0 aliphatic carbocycles. The first-order valence-corrected chi connectivity index (χ1v) is 55.2. The minimum atomic E-state index is 1.25. The van der Waals surface area contributed by atoms with Gasteiger partial charge in [0.1, 0.15) is 0 Å². The van der Waals surface area contributed by atoms with E-state index in [1.54, 1.807) is 0 Å². The maximum absolute atomic E-state index is 2.17. The van der Waals surface area contributed by atoms with Gasteiger partial charge in [-0.25, -0.2) is 0 Å². The Bertz CT molecular complexity index is 4300. The van der Waals surface area contributed by atoms with Gasteiger partial charge in [0.2, 0.25) is 0 Å². The smallest absolute Gasteiger partial charge is 0.0155 e. The van der Waals surface area contributed by atoms with Gasteiger partial charge in [-0.1, -0.05) is 698 Å². The first kappa shape index (κ1) is 163. The summed E-state index contributed by atoms with van der Waals surface area (Å²) in [5, 5.41) is 13.4. The highest BCUT2D eigenvalue weighted by atomic mass is 14.0. The van der Waals surface area contributed by atoms with Crippen molar-refractivity contribution in [3.05, 3.63) is 454 Å². The summed E-state index contributed by atoms with van der Waals surface area (Å²) >= 11 is 0. The zero-order chi connectivity index (χ0) is 112. The molecule has 16 rings (SSSR count). The third kappa shape index (κ3) is 93.5. The predicted octanol–water partition coefficient (Wildman–Crippen LogP) is 49.6. The van der Waals surface area contributed by atoms with E-state index >= 15 is 0 Å². The topological polar surface area (TPSA) is 0 Å². The third-order valence-electron chi connectivity index (χ3n) is 16.7. The van der Waals surface area contributed by atoms with E-state index in [-0.39, 0.29) is 0 Å². The number of rotatable bonds is 0. The van der Waals surface area contributed by atoms with Crippen molar-refractivity contribution in [2.75, 3.05) is 0 Å². The van der Waals surface area contributed by atoms with Gasteiger partial charge in [-0.3, -0.25) is 0 Å². The van der Waals surface area contributed by atoms with Crippen molar-refractivity contribution in [1.29, 1.82) is 0 Å². The highest BCUT2D eigenvalue weighted by Crippen LogP contribution is 2.21. The molecule has 0 unspecified atom stereocenters. The van der Waals surface area contributed by atoms with E-state index in [2.05, 4.69) is 432 Å². The molecule has 141 heavy (non-hydrogen) atoms. The van der Waals surface area contributed by atoms with Crippen LogP contribution in [0.2, 0.25) is 0 Å². The second-order valence-electron chi connectivity index (χ2n) is 26.0. The molecule has 0 fully saturated rings. The zero-order valence-corrected chi connectivity index (χ0v) is 103. The Hall–Kier alpha value is -11.2. The van der Waals surface area contributed by atoms with Crippen molar-refractivity contribution in [2.24, 2.45) is 0 Å². The van der Waals surface area contributed by atoms with Crippen LogP contribution >= 0.6 is 0 Å². The summed E-state index contributed by atoms with van der Waals surface area (Å²) in [6.45, 7) is 110. The molecule has 0 heteroatoms. The maximum atomic E-state index is 2.17. The van der Waals surface area contributed by atoms with E-state index in [0.29, 0.717) is 0 Å². The monoisotopic (exact) mass is 1920 g/mol. The summed E-state index contributed by atoms with van der Waals surface area (Å²) in [7, 11) is 0. The molecule has 0 aromatic heterocycles. The van der Waals surface area contributed by atoms with Crippen LogP contribution in [0.1, 0.15) is 361 Å². The molecule has 16 aromatic rings. The van der Waals surface area contributed by atoms with Crippen molar-refractivity contribution >= 4 is 53.9 Å². The molecule has 16 aromatic carbocycles. The number of hydrogen-bond acceptors (Lipinski definition) is 0. The second-order valence-corrected chi connectivity index (χ2v) is 26.0. The Labute approximate surface area is 882 Å². The van der Waals surface area contributed by atoms with Gasteiger partial charge in [0, 0.05) is 0 Å². The highest BCUT2D eigenvalue weighted by Gasteiger charge is 1.97. The summed E-state index contributed by atoms with van der Waals surface area (Å²) in [6.07, 6.45) is 1.25. The summed E-state index contributed by atoms with van der Waals surface area (Å²) in [5.41, 5.74) is 18.8. The predicted molar refractivity (Wildman–Crippen MR) is 676 cm³/mol. The van der Waals surface area contributed by atoms with Gasteiger partial charge in [-0.05, 0) is 190 Å². The Morgan fingerprint density at radius 3 is 0.333 bits per heavy atom. The Morgan fingerprint density at radius 1 is 0.106 bits per heavy atom. The lowest BCUT2D eigenvalue weighted by molar-refractivity contribution is 1.09. The molecule has 0 radical (unpaired) electrons. The quantitative estimate of drug-likeness (QED) is 0.142. The molecule has 0 N–H and O–H groups in total. The zero-order valence-electron chi connectivity index (χ0n) is 103. The first-order chi connectivity index (χ1) is 68.9. The minimum absolute atomic E-state index is 1.25. The molecule has 0 amide bonds. The maximum Gasteiger partial charge on any atom is -0.0155 e. The Morgan fingerprint density at radius 2 is 0.213 bits per heavy atom. The molecule has 0 heterocycles. The van der Waals surface area contributed by atoms with Crippen LogP contribution in [0, 0.1) is 96.9 Å². The van der Waals surface area contributed by atoms with Crippen molar-refractivity contribution in [2.45, 2.75) is 380 Å². The normalized spacial score (nSPS) is 7.82. The molecule has 0 spiro atoms. The van der Waals surface area contributed by atoms with Gasteiger partial charge in [-0.2, -0.15) is 0 Å². The lowest BCUT2D eigenvalue weighted by Crippen LogP contribution is -1.75. The molecule has 0 bridgehead atoms. The van der Waals surface area contributed by atoms with Gasteiger partial charge in [0.25, 0.3) is 0 Å². The van der Waals surface area contributed by atoms with E-state index in [1.807, 2.05) is 318 Å². The van der Waals surface area contributed by atoms with Crippen molar-refractivity contribution < 1.29 is 0 Å². The molecule has 790 valence electrons. The highest BCUT2D eigenvalue weighted by molar-refractivity contribution is 5.88. The van der Waals surface area contributed by atoms with Crippen LogP contribution in [-0.4, -0.2) is 0 Å². The van der Waals surface area contributed by atoms with Crippen LogP contribution in [-0.2, 0) is 0 Å². The van der Waals surface area contributed by atoms with Crippen LogP contribution in [0.4, 0.5) is 0 Å². The van der Waals surface area contributed by atoms with Crippen molar-refractivity contribution in [3.63, 3.8) is 0 Å². The van der Waals surface area contributed by atoms with E-state index in [1.165, 1.54) is 138 Å². The number of hydrogen-bond donors (Lipinski definition) is 0. The lowest BCUT2D eigenvalue weighted by Gasteiger charge is -1.98. The van der Waals surface area contributed by atoms with E-state index in [0.717, 1.165) is 0 Å². The van der Waals surface area contributed by atoms with Gasteiger partial charge in [-0.15, -0.1) is 0 Å². The molecular weight excluding hydrogens is 1690 g/mol. The largest absolute Gasteiger partial charge is 0.0683 e.